The van der Waals surface area contributed by atoms with Crippen molar-refractivity contribution in [2.24, 2.45) is 0 Å². The maximum absolute atomic E-state index is 13.5. The van der Waals surface area contributed by atoms with Gasteiger partial charge in [-0.2, -0.15) is 0 Å². The highest BCUT2D eigenvalue weighted by Crippen LogP contribution is 2.53. The van der Waals surface area contributed by atoms with Crippen molar-refractivity contribution in [3.05, 3.63) is 95.1 Å². The Kier molecular flexibility index (Phi) is 6.58. The van der Waals surface area contributed by atoms with E-state index in [0.717, 1.165) is 34.5 Å². The molecule has 0 bridgehead atoms. The molecule has 3 aromatic carbocycles. The van der Waals surface area contributed by atoms with E-state index >= 15 is 0 Å². The highest BCUT2D eigenvalue weighted by molar-refractivity contribution is 7.53. The van der Waals surface area contributed by atoms with Crippen molar-refractivity contribution in [3.8, 4) is 5.75 Å². The van der Waals surface area contributed by atoms with E-state index in [1.54, 1.807) is 0 Å². The number of rotatable bonds is 7. The summed E-state index contributed by atoms with van der Waals surface area (Å²) in [7, 11) is 0.672. The van der Waals surface area contributed by atoms with E-state index in [-0.39, 0.29) is 5.91 Å². The first-order chi connectivity index (χ1) is 15.1. The van der Waals surface area contributed by atoms with Gasteiger partial charge in [0.1, 0.15) is 5.75 Å². The predicted octanol–water partition coefficient (Wildman–Crippen LogP) is 6.74. The normalized spacial score (nSPS) is 15.7. The number of unbranched alkanes of at least 4 members (excludes halogenated alkanes) is 1. The standard InChI is InChI=1S/C26H29N2O2P/c1-4-5-11-21-16-17-25(20(2)18-21)30-31-27(3)24-15-10-9-14-23(24)26(29)28(31)19-22-12-7-6-8-13-22/h6-10,12-18H,4-5,11,19H2,1-3H3. The van der Waals surface area contributed by atoms with Gasteiger partial charge in [-0.15, -0.1) is 0 Å². The van der Waals surface area contributed by atoms with Crippen LogP contribution in [-0.4, -0.2) is 17.6 Å². The molecule has 1 heterocycles. The predicted molar refractivity (Wildman–Crippen MR) is 128 cm³/mol. The Morgan fingerprint density at radius 1 is 0.935 bits per heavy atom. The second-order valence-electron chi connectivity index (χ2n) is 7.94. The van der Waals surface area contributed by atoms with Gasteiger partial charge in [0, 0.05) is 7.05 Å². The van der Waals surface area contributed by atoms with Crippen LogP contribution < -0.4 is 9.19 Å². The van der Waals surface area contributed by atoms with Gasteiger partial charge in [0.2, 0.25) is 0 Å². The van der Waals surface area contributed by atoms with E-state index in [1.807, 2.05) is 54.2 Å². The Bertz CT molecular complexity index is 1050. The van der Waals surface area contributed by atoms with Gasteiger partial charge in [-0.3, -0.25) is 9.46 Å². The number of nitrogens with zero attached hydrogens (tertiary/aromatic N) is 2. The summed E-state index contributed by atoms with van der Waals surface area (Å²) >= 11 is 0. The number of hydrogen-bond donors (Lipinski definition) is 0. The molecule has 0 aromatic heterocycles. The summed E-state index contributed by atoms with van der Waals surface area (Å²) in [5.74, 6) is 0.851. The number of benzene rings is 3. The molecular formula is C26H29N2O2P. The molecule has 4 rings (SSSR count). The number of anilines is 1. The molecule has 1 aliphatic rings. The maximum Gasteiger partial charge on any atom is 0.312 e. The van der Waals surface area contributed by atoms with Gasteiger partial charge in [-0.25, -0.2) is 0 Å². The average Bonchev–Trinajstić information content (AvgIpc) is 2.80. The molecule has 5 heteroatoms. The molecule has 1 atom stereocenters. The molecular weight excluding hydrogens is 403 g/mol. The molecule has 0 N–H and O–H groups in total. The SMILES string of the molecule is CCCCc1ccc(OP2N(Cc3ccccc3)C(=O)c3ccccc3N2C)c(C)c1. The molecule has 160 valence electrons. The third kappa shape index (κ3) is 4.60. The van der Waals surface area contributed by atoms with Crippen LogP contribution in [-0.2, 0) is 13.0 Å². The summed E-state index contributed by atoms with van der Waals surface area (Å²) in [5.41, 5.74) is 5.16. The van der Waals surface area contributed by atoms with Crippen molar-refractivity contribution >= 4 is 20.0 Å². The van der Waals surface area contributed by atoms with Crippen molar-refractivity contribution < 1.29 is 9.32 Å². The van der Waals surface area contributed by atoms with Crippen molar-refractivity contribution in [1.82, 2.24) is 4.67 Å². The van der Waals surface area contributed by atoms with Crippen LogP contribution in [0.25, 0.3) is 0 Å². The van der Waals surface area contributed by atoms with Crippen LogP contribution in [0.4, 0.5) is 5.69 Å². The first-order valence-electron chi connectivity index (χ1n) is 10.8. The lowest BCUT2D eigenvalue weighted by atomic mass is 10.1. The topological polar surface area (TPSA) is 32.8 Å². The zero-order chi connectivity index (χ0) is 21.8. The van der Waals surface area contributed by atoms with E-state index in [2.05, 4.69) is 48.8 Å². The molecule has 1 amide bonds. The molecule has 31 heavy (non-hydrogen) atoms. The molecule has 1 unspecified atom stereocenters. The molecule has 0 saturated heterocycles. The average molecular weight is 433 g/mol. The summed E-state index contributed by atoms with van der Waals surface area (Å²) in [6.07, 6.45) is 3.45. The van der Waals surface area contributed by atoms with Crippen LogP contribution >= 0.6 is 8.45 Å². The number of amides is 1. The summed E-state index contributed by atoms with van der Waals surface area (Å²) in [5, 5.41) is 0. The maximum atomic E-state index is 13.5. The van der Waals surface area contributed by atoms with E-state index in [1.165, 1.54) is 18.4 Å². The van der Waals surface area contributed by atoms with Crippen LogP contribution in [0.2, 0.25) is 0 Å². The highest BCUT2D eigenvalue weighted by Gasteiger charge is 2.39. The van der Waals surface area contributed by atoms with Crippen LogP contribution in [0.5, 0.6) is 5.75 Å². The molecule has 0 aliphatic carbocycles. The zero-order valence-electron chi connectivity index (χ0n) is 18.4. The Hall–Kier alpha value is -2.84. The molecule has 0 spiro atoms. The zero-order valence-corrected chi connectivity index (χ0v) is 19.3. The van der Waals surface area contributed by atoms with E-state index in [9.17, 15) is 4.79 Å². The van der Waals surface area contributed by atoms with Crippen LogP contribution in [0.1, 0.15) is 46.8 Å². The molecule has 1 aliphatic heterocycles. The summed E-state index contributed by atoms with van der Waals surface area (Å²) in [6, 6.07) is 24.3. The smallest absolute Gasteiger partial charge is 0.312 e. The number of carbonyl (C=O) groups excluding carboxylic acids is 1. The van der Waals surface area contributed by atoms with Crippen molar-refractivity contribution in [3.63, 3.8) is 0 Å². The van der Waals surface area contributed by atoms with Gasteiger partial charge in [0.05, 0.1) is 17.8 Å². The van der Waals surface area contributed by atoms with Crippen LogP contribution in [0.15, 0.2) is 72.8 Å². The number of hydrogen-bond acceptors (Lipinski definition) is 3. The monoisotopic (exact) mass is 432 g/mol. The Labute approximate surface area is 186 Å². The van der Waals surface area contributed by atoms with E-state index in [4.69, 9.17) is 4.52 Å². The van der Waals surface area contributed by atoms with Crippen molar-refractivity contribution in [2.75, 3.05) is 11.7 Å². The summed E-state index contributed by atoms with van der Waals surface area (Å²) in [4.78, 5) is 13.5. The van der Waals surface area contributed by atoms with Gasteiger partial charge in [0.25, 0.3) is 5.91 Å². The first kappa shape index (κ1) is 21.4. The second kappa shape index (κ2) is 9.53. The third-order valence-electron chi connectivity index (χ3n) is 5.59. The van der Waals surface area contributed by atoms with Gasteiger partial charge in [-0.05, 0) is 54.7 Å². The van der Waals surface area contributed by atoms with E-state index in [0.29, 0.717) is 6.54 Å². The van der Waals surface area contributed by atoms with Crippen molar-refractivity contribution in [1.29, 1.82) is 0 Å². The summed E-state index contributed by atoms with van der Waals surface area (Å²) < 4.78 is 10.5. The molecule has 0 saturated carbocycles. The minimum absolute atomic E-state index is 0.0147. The lowest BCUT2D eigenvalue weighted by Gasteiger charge is -2.41. The minimum Gasteiger partial charge on any atom is -0.436 e. The fraction of sp³-hybridized carbons (Fsp3) is 0.269. The third-order valence-corrected chi connectivity index (χ3v) is 7.42. The van der Waals surface area contributed by atoms with Crippen LogP contribution in [0.3, 0.4) is 0 Å². The molecule has 4 nitrogen and oxygen atoms in total. The lowest BCUT2D eigenvalue weighted by Crippen LogP contribution is -2.38. The fourth-order valence-electron chi connectivity index (χ4n) is 3.84. The number of fused-ring (bicyclic) bond motifs is 1. The number of carbonyl (C=O) groups is 1. The quantitative estimate of drug-likeness (QED) is 0.388. The van der Waals surface area contributed by atoms with E-state index < -0.39 is 8.45 Å². The lowest BCUT2D eigenvalue weighted by molar-refractivity contribution is 0.0847. The fourth-order valence-corrected chi connectivity index (χ4v) is 5.68. The summed E-state index contributed by atoms with van der Waals surface area (Å²) in [6.45, 7) is 4.81. The number of para-hydroxylation sites is 1. The number of aryl methyl sites for hydroxylation is 2. The van der Waals surface area contributed by atoms with Gasteiger partial charge < -0.3 is 9.19 Å². The second-order valence-corrected chi connectivity index (χ2v) is 9.71. The Morgan fingerprint density at radius 3 is 2.42 bits per heavy atom. The van der Waals surface area contributed by atoms with Crippen molar-refractivity contribution in [2.45, 2.75) is 39.7 Å². The Balaban J connectivity index is 1.66. The largest absolute Gasteiger partial charge is 0.436 e. The molecule has 0 fully saturated rings. The van der Waals surface area contributed by atoms with Crippen LogP contribution in [0, 0.1) is 6.92 Å². The molecule has 3 aromatic rings. The van der Waals surface area contributed by atoms with Gasteiger partial charge in [0.15, 0.2) is 0 Å². The minimum atomic E-state index is -1.34. The molecule has 0 radical (unpaired) electrons. The Morgan fingerprint density at radius 2 is 1.68 bits per heavy atom. The van der Waals surface area contributed by atoms with Gasteiger partial charge in [-0.1, -0.05) is 67.9 Å². The van der Waals surface area contributed by atoms with Gasteiger partial charge >= 0.3 is 8.45 Å². The first-order valence-corrected chi connectivity index (χ1v) is 12.0. The highest BCUT2D eigenvalue weighted by atomic mass is 31.2.